The first kappa shape index (κ1) is 13.6. The highest BCUT2D eigenvalue weighted by Crippen LogP contribution is 2.34. The summed E-state index contributed by atoms with van der Waals surface area (Å²) < 4.78 is 11.3. The molecular weight excluding hydrogens is 288 g/mol. The van der Waals surface area contributed by atoms with E-state index in [1.165, 1.54) is 6.08 Å². The second-order valence-corrected chi connectivity index (χ2v) is 3.96. The van der Waals surface area contributed by atoms with E-state index in [9.17, 15) is 9.90 Å². The van der Waals surface area contributed by atoms with Crippen LogP contribution in [0.15, 0.2) is 22.7 Å². The van der Waals surface area contributed by atoms with Gasteiger partial charge in [-0.1, -0.05) is 22.0 Å². The second-order valence-electron chi connectivity index (χ2n) is 3.11. The first-order valence-corrected chi connectivity index (χ1v) is 5.77. The van der Waals surface area contributed by atoms with Gasteiger partial charge in [-0.15, -0.1) is 0 Å². The smallest absolute Gasteiger partial charge is 0.161 e. The zero-order chi connectivity index (χ0) is 12.8. The number of ether oxygens (including phenoxy) is 2. The fourth-order valence-corrected chi connectivity index (χ4v) is 1.72. The number of carbonyl (C=O) groups is 1. The number of rotatable bonds is 5. The molecule has 0 aromatic heterocycles. The van der Waals surface area contributed by atoms with E-state index in [1.54, 1.807) is 19.2 Å². The number of carbonyl (C=O) groups excluding carboxylic acids is 1. The second kappa shape index (κ2) is 6.30. The zero-order valence-electron chi connectivity index (χ0n) is 9.53. The van der Waals surface area contributed by atoms with Crippen molar-refractivity contribution in [2.45, 2.75) is 6.92 Å². The molecule has 0 radical (unpaired) electrons. The summed E-state index contributed by atoms with van der Waals surface area (Å²) in [5, 5.41) is 10.3. The van der Waals surface area contributed by atoms with Crippen LogP contribution in [0.3, 0.4) is 0 Å². The maximum atomic E-state index is 10.3. The van der Waals surface area contributed by atoms with E-state index in [2.05, 4.69) is 15.9 Å². The summed E-state index contributed by atoms with van der Waals surface area (Å²) in [6, 6.07) is 3.42. The summed E-state index contributed by atoms with van der Waals surface area (Å²) in [6.07, 6.45) is 2.39. The van der Waals surface area contributed by atoms with Gasteiger partial charge >= 0.3 is 0 Å². The van der Waals surface area contributed by atoms with Gasteiger partial charge in [-0.05, 0) is 30.7 Å². The van der Waals surface area contributed by atoms with Crippen molar-refractivity contribution in [3.63, 3.8) is 0 Å². The molecule has 0 spiro atoms. The van der Waals surface area contributed by atoms with Gasteiger partial charge in [-0.2, -0.15) is 0 Å². The number of benzene rings is 1. The first-order chi connectivity index (χ1) is 8.08. The van der Waals surface area contributed by atoms with Crippen LogP contribution in [0, 0.1) is 0 Å². The van der Waals surface area contributed by atoms with Gasteiger partial charge in [0, 0.05) is 4.47 Å². The van der Waals surface area contributed by atoms with Gasteiger partial charge in [0.05, 0.1) is 19.7 Å². The van der Waals surface area contributed by atoms with Crippen LogP contribution in [0.4, 0.5) is 0 Å². The first-order valence-electron chi connectivity index (χ1n) is 4.97. The molecule has 0 saturated heterocycles. The lowest BCUT2D eigenvalue weighted by atomic mass is 10.2. The zero-order valence-corrected chi connectivity index (χ0v) is 11.1. The molecule has 92 valence electrons. The van der Waals surface area contributed by atoms with Crippen LogP contribution in [0.5, 0.6) is 11.5 Å². The molecule has 0 aliphatic heterocycles. The molecule has 0 aliphatic carbocycles. The Hall–Kier alpha value is -1.49. The lowest BCUT2D eigenvalue weighted by molar-refractivity contribution is -0.297. The maximum Gasteiger partial charge on any atom is 0.161 e. The largest absolute Gasteiger partial charge is 0.545 e. The Bertz CT molecular complexity index is 440. The normalized spacial score (nSPS) is 10.5. The molecule has 1 rings (SSSR count). The molecule has 0 amide bonds. The van der Waals surface area contributed by atoms with Gasteiger partial charge in [0.15, 0.2) is 11.5 Å². The summed E-state index contributed by atoms with van der Waals surface area (Å²) in [7, 11) is 1.54. The predicted octanol–water partition coefficient (Wildman–Crippen LogP) is 1.62. The Morgan fingerprint density at radius 3 is 2.71 bits per heavy atom. The molecule has 0 atom stereocenters. The van der Waals surface area contributed by atoms with Crippen LogP contribution in [-0.2, 0) is 4.79 Å². The van der Waals surface area contributed by atoms with Gasteiger partial charge in [-0.3, -0.25) is 0 Å². The van der Waals surface area contributed by atoms with Crippen LogP contribution in [0.2, 0.25) is 0 Å². The van der Waals surface area contributed by atoms with Gasteiger partial charge in [0.2, 0.25) is 0 Å². The Labute approximate surface area is 108 Å². The Morgan fingerprint density at radius 1 is 1.47 bits per heavy atom. The van der Waals surface area contributed by atoms with Gasteiger partial charge in [0.25, 0.3) is 0 Å². The summed E-state index contributed by atoms with van der Waals surface area (Å²) >= 11 is 3.32. The van der Waals surface area contributed by atoms with Crippen molar-refractivity contribution in [3.05, 3.63) is 28.2 Å². The maximum absolute atomic E-state index is 10.3. The van der Waals surface area contributed by atoms with E-state index >= 15 is 0 Å². The van der Waals surface area contributed by atoms with Crippen LogP contribution in [0.1, 0.15) is 12.5 Å². The van der Waals surface area contributed by atoms with Crippen molar-refractivity contribution in [1.82, 2.24) is 0 Å². The molecule has 0 bridgehead atoms. The minimum Gasteiger partial charge on any atom is -0.545 e. The van der Waals surface area contributed by atoms with Crippen LogP contribution in [-0.4, -0.2) is 19.7 Å². The average molecular weight is 300 g/mol. The number of carboxylic acid groups (broad SMARTS) is 1. The molecule has 0 unspecified atom stereocenters. The molecule has 0 heterocycles. The third-order valence-corrected chi connectivity index (χ3v) is 2.67. The van der Waals surface area contributed by atoms with Crippen molar-refractivity contribution in [1.29, 1.82) is 0 Å². The van der Waals surface area contributed by atoms with Gasteiger partial charge in [-0.25, -0.2) is 0 Å². The Kier molecular flexibility index (Phi) is 5.03. The van der Waals surface area contributed by atoms with Crippen LogP contribution >= 0.6 is 15.9 Å². The van der Waals surface area contributed by atoms with Crippen molar-refractivity contribution in [2.75, 3.05) is 13.7 Å². The summed E-state index contributed by atoms with van der Waals surface area (Å²) in [4.78, 5) is 10.3. The summed E-state index contributed by atoms with van der Waals surface area (Å²) in [6.45, 7) is 2.36. The highest BCUT2D eigenvalue weighted by Gasteiger charge is 2.08. The lowest BCUT2D eigenvalue weighted by Gasteiger charge is -2.11. The number of methoxy groups -OCH3 is 1. The number of halogens is 1. The molecule has 1 aromatic rings. The minimum absolute atomic E-state index is 0.502. The minimum atomic E-state index is -1.24. The molecule has 0 fully saturated rings. The molecule has 17 heavy (non-hydrogen) atoms. The van der Waals surface area contributed by atoms with E-state index in [-0.39, 0.29) is 0 Å². The van der Waals surface area contributed by atoms with Crippen molar-refractivity contribution in [2.24, 2.45) is 0 Å². The Morgan fingerprint density at radius 2 is 2.18 bits per heavy atom. The molecule has 0 N–H and O–H groups in total. The molecule has 4 nitrogen and oxygen atoms in total. The number of aliphatic carboxylic acids is 1. The highest BCUT2D eigenvalue weighted by molar-refractivity contribution is 9.10. The quantitative estimate of drug-likeness (QED) is 0.775. The summed E-state index contributed by atoms with van der Waals surface area (Å²) in [5.41, 5.74) is 0.679. The third kappa shape index (κ3) is 3.78. The third-order valence-electron chi connectivity index (χ3n) is 1.98. The van der Waals surface area contributed by atoms with E-state index < -0.39 is 5.97 Å². The molecule has 1 aromatic carbocycles. The molecular formula is C12H12BrO4-. The monoisotopic (exact) mass is 299 g/mol. The Balaban J connectivity index is 3.14. The lowest BCUT2D eigenvalue weighted by Crippen LogP contribution is -2.18. The van der Waals surface area contributed by atoms with Crippen LogP contribution in [0.25, 0.3) is 6.08 Å². The number of hydrogen-bond donors (Lipinski definition) is 0. The fourth-order valence-electron chi connectivity index (χ4n) is 1.26. The molecule has 0 aliphatic rings. The van der Waals surface area contributed by atoms with Crippen molar-refractivity contribution < 1.29 is 19.4 Å². The summed E-state index contributed by atoms with van der Waals surface area (Å²) in [5.74, 6) is -0.0915. The van der Waals surface area contributed by atoms with Gasteiger partial charge in [0.1, 0.15) is 0 Å². The van der Waals surface area contributed by atoms with Crippen molar-refractivity contribution >= 4 is 28.0 Å². The van der Waals surface area contributed by atoms with Gasteiger partial charge < -0.3 is 19.4 Å². The highest BCUT2D eigenvalue weighted by atomic mass is 79.9. The topological polar surface area (TPSA) is 58.6 Å². The van der Waals surface area contributed by atoms with E-state index in [0.717, 1.165) is 10.5 Å². The SMILES string of the molecule is CCOc1cc(/C=C/C(=O)[O-])c(Br)cc1OC. The average Bonchev–Trinajstić information content (AvgIpc) is 2.29. The predicted molar refractivity (Wildman–Crippen MR) is 65.9 cm³/mol. The van der Waals surface area contributed by atoms with E-state index in [1.807, 2.05) is 6.92 Å². The standard InChI is InChI=1S/C12H13BrO4/c1-3-17-11-6-8(4-5-12(14)15)9(13)7-10(11)16-2/h4-7H,3H2,1-2H3,(H,14,15)/p-1/b5-4+. The van der Waals surface area contributed by atoms with Crippen molar-refractivity contribution in [3.8, 4) is 11.5 Å². The van der Waals surface area contributed by atoms with E-state index in [0.29, 0.717) is 23.7 Å². The van der Waals surface area contributed by atoms with E-state index in [4.69, 9.17) is 9.47 Å². The van der Waals surface area contributed by atoms with Crippen LogP contribution < -0.4 is 14.6 Å². The number of carboxylic acids is 1. The number of hydrogen-bond acceptors (Lipinski definition) is 4. The fraction of sp³-hybridized carbons (Fsp3) is 0.250. The molecule has 5 heteroatoms. The molecule has 0 saturated carbocycles.